The van der Waals surface area contributed by atoms with Crippen LogP contribution in [0.4, 0.5) is 0 Å². The molecular formula is C14H22BrNO2. The van der Waals surface area contributed by atoms with Gasteiger partial charge in [0.15, 0.2) is 0 Å². The molecule has 0 fully saturated rings. The highest BCUT2D eigenvalue weighted by Crippen LogP contribution is 2.28. The normalized spacial score (nSPS) is 10.7. The van der Waals surface area contributed by atoms with E-state index in [1.165, 1.54) is 5.56 Å². The second-order valence-corrected chi connectivity index (χ2v) is 5.12. The van der Waals surface area contributed by atoms with E-state index in [9.17, 15) is 0 Å². The molecule has 1 N–H and O–H groups in total. The average Bonchev–Trinajstić information content (AvgIpc) is 2.32. The summed E-state index contributed by atoms with van der Waals surface area (Å²) < 4.78 is 12.3. The van der Waals surface area contributed by atoms with E-state index in [2.05, 4.69) is 47.2 Å². The van der Waals surface area contributed by atoms with Gasteiger partial charge in [-0.15, -0.1) is 0 Å². The summed E-state index contributed by atoms with van der Waals surface area (Å²) in [6.07, 6.45) is 1.04. The fraction of sp³-hybridized carbons (Fsp3) is 0.571. The molecule has 0 spiro atoms. The van der Waals surface area contributed by atoms with Gasteiger partial charge in [-0.25, -0.2) is 0 Å². The Balaban J connectivity index is 2.62. The molecule has 0 bridgehead atoms. The van der Waals surface area contributed by atoms with Crippen LogP contribution in [0, 0.1) is 6.92 Å². The zero-order valence-electron chi connectivity index (χ0n) is 11.4. The number of aryl methyl sites for hydroxylation is 1. The van der Waals surface area contributed by atoms with Gasteiger partial charge in [0, 0.05) is 23.2 Å². The maximum atomic E-state index is 5.84. The van der Waals surface area contributed by atoms with E-state index in [-0.39, 0.29) is 0 Å². The Labute approximate surface area is 118 Å². The molecule has 0 amide bonds. The third-order valence-corrected chi connectivity index (χ3v) is 2.96. The lowest BCUT2D eigenvalue weighted by atomic mass is 10.1. The fourth-order valence-electron chi connectivity index (χ4n) is 1.78. The quantitative estimate of drug-likeness (QED) is 0.747. The van der Waals surface area contributed by atoms with Crippen molar-refractivity contribution in [1.82, 2.24) is 5.32 Å². The molecule has 102 valence electrons. The number of hydrogen-bond donors (Lipinski definition) is 1. The molecule has 0 atom stereocenters. The number of ether oxygens (including phenoxy) is 2. The van der Waals surface area contributed by atoms with Crippen LogP contribution in [0.3, 0.4) is 0 Å². The number of halogens is 1. The summed E-state index contributed by atoms with van der Waals surface area (Å²) in [7, 11) is 1.93. The van der Waals surface area contributed by atoms with Crippen molar-refractivity contribution >= 4 is 15.9 Å². The van der Waals surface area contributed by atoms with E-state index in [1.54, 1.807) is 0 Å². The van der Waals surface area contributed by atoms with E-state index >= 15 is 0 Å². The van der Waals surface area contributed by atoms with Crippen molar-refractivity contribution in [3.05, 3.63) is 27.7 Å². The van der Waals surface area contributed by atoms with Gasteiger partial charge in [0.2, 0.25) is 0 Å². The highest BCUT2D eigenvalue weighted by Gasteiger charge is 2.08. The van der Waals surface area contributed by atoms with Crippen LogP contribution in [0.1, 0.15) is 24.5 Å². The van der Waals surface area contributed by atoms with Crippen LogP contribution in [-0.2, 0) is 11.3 Å². The molecule has 0 heterocycles. The Morgan fingerprint density at radius 1 is 1.22 bits per heavy atom. The summed E-state index contributed by atoms with van der Waals surface area (Å²) in [5.74, 6) is 0.965. The van der Waals surface area contributed by atoms with Gasteiger partial charge in [0.1, 0.15) is 12.4 Å². The molecule has 4 heteroatoms. The first-order chi connectivity index (χ1) is 8.69. The lowest BCUT2D eigenvalue weighted by Crippen LogP contribution is -2.12. The van der Waals surface area contributed by atoms with Gasteiger partial charge in [0.25, 0.3) is 0 Å². The number of benzene rings is 1. The number of rotatable bonds is 8. The second-order valence-electron chi connectivity index (χ2n) is 4.20. The van der Waals surface area contributed by atoms with Crippen molar-refractivity contribution in [1.29, 1.82) is 0 Å². The highest BCUT2D eigenvalue weighted by molar-refractivity contribution is 9.10. The summed E-state index contributed by atoms with van der Waals surface area (Å²) in [4.78, 5) is 0. The van der Waals surface area contributed by atoms with Crippen molar-refractivity contribution in [2.24, 2.45) is 0 Å². The predicted octanol–water partition coefficient (Wildman–Crippen LogP) is 3.28. The Bertz CT molecular complexity index is 369. The van der Waals surface area contributed by atoms with E-state index < -0.39 is 0 Å². The molecule has 1 aromatic carbocycles. The maximum Gasteiger partial charge on any atom is 0.126 e. The van der Waals surface area contributed by atoms with Crippen molar-refractivity contribution < 1.29 is 9.47 Å². The number of nitrogens with one attached hydrogen (secondary N) is 1. The highest BCUT2D eigenvalue weighted by atomic mass is 79.9. The molecule has 0 aliphatic carbocycles. The number of hydrogen-bond acceptors (Lipinski definition) is 3. The first kappa shape index (κ1) is 15.5. The third kappa shape index (κ3) is 4.96. The standard InChI is InChI=1S/C14H22BrNO2/c1-4-5-17-6-7-18-14-11(2)8-13(15)9-12(14)10-16-3/h8-9,16H,4-7,10H2,1-3H3. The second kappa shape index (κ2) is 8.51. The average molecular weight is 316 g/mol. The van der Waals surface area contributed by atoms with Crippen LogP contribution in [-0.4, -0.2) is 26.9 Å². The van der Waals surface area contributed by atoms with Gasteiger partial charge >= 0.3 is 0 Å². The van der Waals surface area contributed by atoms with E-state index in [1.807, 2.05) is 7.05 Å². The lowest BCUT2D eigenvalue weighted by Gasteiger charge is -2.15. The minimum Gasteiger partial charge on any atom is -0.491 e. The molecule has 3 nitrogen and oxygen atoms in total. The fourth-order valence-corrected chi connectivity index (χ4v) is 2.40. The maximum absolute atomic E-state index is 5.84. The van der Waals surface area contributed by atoms with Crippen molar-refractivity contribution in [2.45, 2.75) is 26.8 Å². The minimum absolute atomic E-state index is 0.596. The van der Waals surface area contributed by atoms with Gasteiger partial charge in [-0.1, -0.05) is 22.9 Å². The molecule has 0 radical (unpaired) electrons. The largest absolute Gasteiger partial charge is 0.491 e. The van der Waals surface area contributed by atoms with Gasteiger partial charge in [-0.3, -0.25) is 0 Å². The summed E-state index contributed by atoms with van der Waals surface area (Å²) in [6.45, 7) is 7.00. The van der Waals surface area contributed by atoms with Crippen LogP contribution < -0.4 is 10.1 Å². The lowest BCUT2D eigenvalue weighted by molar-refractivity contribution is 0.1000. The van der Waals surface area contributed by atoms with Gasteiger partial charge < -0.3 is 14.8 Å². The molecule has 0 aliphatic rings. The monoisotopic (exact) mass is 315 g/mol. The Morgan fingerprint density at radius 2 is 2.00 bits per heavy atom. The third-order valence-electron chi connectivity index (χ3n) is 2.51. The summed E-state index contributed by atoms with van der Waals surface area (Å²) >= 11 is 3.51. The van der Waals surface area contributed by atoms with Crippen molar-refractivity contribution in [3.8, 4) is 5.75 Å². The van der Waals surface area contributed by atoms with E-state index in [0.29, 0.717) is 13.2 Å². The summed E-state index contributed by atoms with van der Waals surface area (Å²) in [5.41, 5.74) is 2.31. The molecule has 0 unspecified atom stereocenters. The predicted molar refractivity (Wildman–Crippen MR) is 78.2 cm³/mol. The van der Waals surface area contributed by atoms with Gasteiger partial charge in [0.05, 0.1) is 6.61 Å². The molecule has 0 saturated heterocycles. The van der Waals surface area contributed by atoms with Crippen LogP contribution in [0.5, 0.6) is 5.75 Å². The van der Waals surface area contributed by atoms with Crippen LogP contribution in [0.2, 0.25) is 0 Å². The van der Waals surface area contributed by atoms with E-state index in [0.717, 1.165) is 35.4 Å². The van der Waals surface area contributed by atoms with Gasteiger partial charge in [-0.2, -0.15) is 0 Å². The molecule has 18 heavy (non-hydrogen) atoms. The Hall–Kier alpha value is -0.580. The zero-order chi connectivity index (χ0) is 13.4. The first-order valence-electron chi connectivity index (χ1n) is 6.33. The summed E-state index contributed by atoms with van der Waals surface area (Å²) in [6, 6.07) is 4.16. The first-order valence-corrected chi connectivity index (χ1v) is 7.12. The van der Waals surface area contributed by atoms with Crippen molar-refractivity contribution in [3.63, 3.8) is 0 Å². The van der Waals surface area contributed by atoms with Crippen molar-refractivity contribution in [2.75, 3.05) is 26.9 Å². The zero-order valence-corrected chi connectivity index (χ0v) is 13.0. The van der Waals surface area contributed by atoms with Crippen LogP contribution >= 0.6 is 15.9 Å². The SMILES string of the molecule is CCCOCCOc1c(C)cc(Br)cc1CNC. The van der Waals surface area contributed by atoms with Crippen LogP contribution in [0.25, 0.3) is 0 Å². The summed E-state index contributed by atoms with van der Waals surface area (Å²) in [5, 5.41) is 3.16. The molecule has 0 aromatic heterocycles. The Morgan fingerprint density at radius 3 is 2.67 bits per heavy atom. The molecule has 0 aliphatic heterocycles. The molecule has 1 rings (SSSR count). The van der Waals surface area contributed by atoms with Gasteiger partial charge in [-0.05, 0) is 38.1 Å². The topological polar surface area (TPSA) is 30.5 Å². The molecule has 0 saturated carbocycles. The molecular weight excluding hydrogens is 294 g/mol. The smallest absolute Gasteiger partial charge is 0.126 e. The van der Waals surface area contributed by atoms with Crippen LogP contribution in [0.15, 0.2) is 16.6 Å². The Kier molecular flexibility index (Phi) is 7.32. The van der Waals surface area contributed by atoms with E-state index in [4.69, 9.17) is 9.47 Å². The molecule has 1 aromatic rings. The minimum atomic E-state index is 0.596.